The monoisotopic (exact) mass is 248 g/mol. The Morgan fingerprint density at radius 1 is 1.31 bits per heavy atom. The Labute approximate surface area is 99.2 Å². The van der Waals surface area contributed by atoms with Gasteiger partial charge in [0.25, 0.3) is 0 Å². The van der Waals surface area contributed by atoms with E-state index < -0.39 is 5.54 Å². The van der Waals surface area contributed by atoms with Gasteiger partial charge < -0.3 is 10.4 Å². The number of hydroxylamine groups is 1. The molecule has 0 aliphatic heterocycles. The molecule has 6 heteroatoms. The van der Waals surface area contributed by atoms with Crippen LogP contribution in [0.3, 0.4) is 0 Å². The van der Waals surface area contributed by atoms with Crippen LogP contribution in [-0.2, 0) is 0 Å². The standard InChI is InChI=1S/C10H13FN2O2.ClH/c1-10(2,13-15)9(12-14)7-3-5-8(11)6-4-7;/h3-6,13-15H,1-2H3;1H. The number of halogens is 2. The van der Waals surface area contributed by atoms with E-state index >= 15 is 0 Å². The van der Waals surface area contributed by atoms with E-state index in [-0.39, 0.29) is 23.9 Å². The molecule has 4 nitrogen and oxygen atoms in total. The van der Waals surface area contributed by atoms with Crippen LogP contribution in [0, 0.1) is 5.82 Å². The summed E-state index contributed by atoms with van der Waals surface area (Å²) in [5.74, 6) is -0.370. The molecule has 0 aliphatic carbocycles. The number of nitrogens with one attached hydrogen (secondary N) is 1. The third-order valence-corrected chi connectivity index (χ3v) is 2.09. The van der Waals surface area contributed by atoms with Crippen molar-refractivity contribution in [2.24, 2.45) is 5.16 Å². The van der Waals surface area contributed by atoms with Crippen molar-refractivity contribution in [2.75, 3.05) is 0 Å². The Bertz CT molecular complexity index is 366. The van der Waals surface area contributed by atoms with Gasteiger partial charge in [-0.3, -0.25) is 0 Å². The van der Waals surface area contributed by atoms with Crippen molar-refractivity contribution >= 4 is 18.1 Å². The summed E-state index contributed by atoms with van der Waals surface area (Å²) in [6.45, 7) is 3.26. The number of rotatable bonds is 3. The van der Waals surface area contributed by atoms with Crippen LogP contribution in [0.15, 0.2) is 29.4 Å². The summed E-state index contributed by atoms with van der Waals surface area (Å²) >= 11 is 0. The largest absolute Gasteiger partial charge is 0.411 e. The molecule has 90 valence electrons. The molecule has 0 unspecified atom stereocenters. The molecule has 0 heterocycles. The van der Waals surface area contributed by atoms with Crippen LogP contribution < -0.4 is 5.48 Å². The van der Waals surface area contributed by atoms with Crippen molar-refractivity contribution in [1.82, 2.24) is 5.48 Å². The average molecular weight is 249 g/mol. The maximum absolute atomic E-state index is 12.7. The predicted molar refractivity (Wildman–Crippen MR) is 61.0 cm³/mol. The molecule has 0 saturated carbocycles. The second-order valence-electron chi connectivity index (χ2n) is 3.69. The Morgan fingerprint density at radius 3 is 2.19 bits per heavy atom. The number of hydrogen-bond donors (Lipinski definition) is 3. The highest BCUT2D eigenvalue weighted by atomic mass is 35.5. The molecule has 1 aromatic carbocycles. The zero-order chi connectivity index (χ0) is 11.5. The van der Waals surface area contributed by atoms with E-state index in [1.54, 1.807) is 13.8 Å². The van der Waals surface area contributed by atoms with Crippen LogP contribution in [0.4, 0.5) is 4.39 Å². The molecule has 0 aromatic heterocycles. The first kappa shape index (κ1) is 14.8. The zero-order valence-electron chi connectivity index (χ0n) is 8.94. The molecule has 1 rings (SSSR count). The fourth-order valence-corrected chi connectivity index (χ4v) is 1.20. The Morgan fingerprint density at radius 2 is 1.81 bits per heavy atom. The zero-order valence-corrected chi connectivity index (χ0v) is 9.75. The van der Waals surface area contributed by atoms with Crippen LogP contribution in [0.25, 0.3) is 0 Å². The van der Waals surface area contributed by atoms with Gasteiger partial charge in [0, 0.05) is 5.56 Å². The van der Waals surface area contributed by atoms with Crippen molar-refractivity contribution in [3.05, 3.63) is 35.6 Å². The fraction of sp³-hybridized carbons (Fsp3) is 0.300. The summed E-state index contributed by atoms with van der Waals surface area (Å²) in [6, 6.07) is 5.47. The van der Waals surface area contributed by atoms with Gasteiger partial charge in [0.2, 0.25) is 0 Å². The fourth-order valence-electron chi connectivity index (χ4n) is 1.20. The SMILES string of the molecule is CC(C)(NO)C(=NO)c1ccc(F)cc1.Cl. The van der Waals surface area contributed by atoms with Crippen LogP contribution in [0.2, 0.25) is 0 Å². The number of benzene rings is 1. The summed E-state index contributed by atoms with van der Waals surface area (Å²) in [7, 11) is 0. The molecular formula is C10H14ClFN2O2. The van der Waals surface area contributed by atoms with Crippen LogP contribution in [-0.4, -0.2) is 21.7 Å². The Balaban J connectivity index is 0.00000225. The molecule has 0 saturated heterocycles. The maximum Gasteiger partial charge on any atom is 0.123 e. The molecule has 0 bridgehead atoms. The second kappa shape index (κ2) is 5.79. The van der Waals surface area contributed by atoms with Gasteiger partial charge in [-0.25, -0.2) is 4.39 Å². The molecule has 1 aromatic rings. The molecule has 0 spiro atoms. The second-order valence-corrected chi connectivity index (χ2v) is 3.69. The van der Waals surface area contributed by atoms with Gasteiger partial charge in [0.05, 0.1) is 5.54 Å². The summed E-state index contributed by atoms with van der Waals surface area (Å²) in [5, 5.41) is 20.9. The van der Waals surface area contributed by atoms with Gasteiger partial charge in [-0.05, 0) is 26.0 Å². The van der Waals surface area contributed by atoms with Crippen molar-refractivity contribution in [1.29, 1.82) is 0 Å². The lowest BCUT2D eigenvalue weighted by Gasteiger charge is -2.23. The van der Waals surface area contributed by atoms with E-state index in [4.69, 9.17) is 10.4 Å². The third-order valence-electron chi connectivity index (χ3n) is 2.09. The Kier molecular flexibility index (Phi) is 5.37. The van der Waals surface area contributed by atoms with E-state index in [1.807, 2.05) is 5.48 Å². The van der Waals surface area contributed by atoms with Crippen LogP contribution in [0.1, 0.15) is 19.4 Å². The quantitative estimate of drug-likeness (QED) is 0.436. The lowest BCUT2D eigenvalue weighted by Crippen LogP contribution is -2.45. The minimum Gasteiger partial charge on any atom is -0.411 e. The lowest BCUT2D eigenvalue weighted by molar-refractivity contribution is 0.113. The van der Waals surface area contributed by atoms with Crippen LogP contribution >= 0.6 is 12.4 Å². The highest BCUT2D eigenvalue weighted by Crippen LogP contribution is 2.14. The van der Waals surface area contributed by atoms with E-state index in [0.717, 1.165) is 0 Å². The smallest absolute Gasteiger partial charge is 0.123 e. The molecule has 0 fully saturated rings. The van der Waals surface area contributed by atoms with Gasteiger partial charge in [-0.1, -0.05) is 17.3 Å². The third kappa shape index (κ3) is 3.16. The molecular weight excluding hydrogens is 235 g/mol. The van der Waals surface area contributed by atoms with Crippen molar-refractivity contribution in [3.63, 3.8) is 0 Å². The Hall–Kier alpha value is -1.17. The minimum atomic E-state index is -0.910. The molecule has 3 N–H and O–H groups in total. The lowest BCUT2D eigenvalue weighted by atomic mass is 9.93. The van der Waals surface area contributed by atoms with Crippen molar-refractivity contribution in [2.45, 2.75) is 19.4 Å². The summed E-state index contributed by atoms with van der Waals surface area (Å²) < 4.78 is 12.7. The maximum atomic E-state index is 12.7. The summed E-state index contributed by atoms with van der Waals surface area (Å²) in [5.41, 5.74) is 1.87. The number of hydrogen-bond acceptors (Lipinski definition) is 4. The van der Waals surface area contributed by atoms with Gasteiger partial charge in [0.1, 0.15) is 11.5 Å². The summed E-state index contributed by atoms with van der Waals surface area (Å²) in [6.07, 6.45) is 0. The highest BCUT2D eigenvalue weighted by molar-refractivity contribution is 6.06. The van der Waals surface area contributed by atoms with Crippen molar-refractivity contribution < 1.29 is 14.8 Å². The van der Waals surface area contributed by atoms with E-state index in [9.17, 15) is 4.39 Å². The molecule has 0 atom stereocenters. The molecule has 16 heavy (non-hydrogen) atoms. The molecule has 0 radical (unpaired) electrons. The van der Waals surface area contributed by atoms with Gasteiger partial charge in [0.15, 0.2) is 0 Å². The van der Waals surface area contributed by atoms with Crippen molar-refractivity contribution in [3.8, 4) is 0 Å². The molecule has 0 amide bonds. The van der Waals surface area contributed by atoms with Gasteiger partial charge in [-0.15, -0.1) is 12.4 Å². The minimum absolute atomic E-state index is 0. The van der Waals surface area contributed by atoms with E-state index in [0.29, 0.717) is 5.56 Å². The summed E-state index contributed by atoms with van der Waals surface area (Å²) in [4.78, 5) is 0. The highest BCUT2D eigenvalue weighted by Gasteiger charge is 2.26. The van der Waals surface area contributed by atoms with E-state index in [2.05, 4.69) is 5.16 Å². The van der Waals surface area contributed by atoms with Crippen LogP contribution in [0.5, 0.6) is 0 Å². The first-order valence-electron chi connectivity index (χ1n) is 4.41. The molecule has 0 aliphatic rings. The topological polar surface area (TPSA) is 64.8 Å². The van der Waals surface area contributed by atoms with Gasteiger partial charge in [-0.2, -0.15) is 5.48 Å². The first-order chi connectivity index (χ1) is 7.01. The number of nitrogens with zero attached hydrogens (tertiary/aromatic N) is 1. The average Bonchev–Trinajstić information content (AvgIpc) is 2.22. The first-order valence-corrected chi connectivity index (χ1v) is 4.41. The number of oxime groups is 1. The predicted octanol–water partition coefficient (Wildman–Crippen LogP) is 2.18. The van der Waals surface area contributed by atoms with Gasteiger partial charge >= 0.3 is 0 Å². The van der Waals surface area contributed by atoms with E-state index in [1.165, 1.54) is 24.3 Å². The normalized spacial score (nSPS) is 12.1.